The lowest BCUT2D eigenvalue weighted by molar-refractivity contribution is 0.204. The van der Waals surface area contributed by atoms with Crippen molar-refractivity contribution >= 4 is 5.69 Å². The summed E-state index contributed by atoms with van der Waals surface area (Å²) >= 11 is 0. The van der Waals surface area contributed by atoms with Gasteiger partial charge in [-0.2, -0.15) is 0 Å². The van der Waals surface area contributed by atoms with Crippen LogP contribution in [0.15, 0.2) is 24.3 Å². The molecule has 19 heavy (non-hydrogen) atoms. The van der Waals surface area contributed by atoms with Crippen LogP contribution in [0, 0.1) is 5.92 Å². The monoisotopic (exact) mass is 264 g/mol. The molecular weight excluding hydrogens is 236 g/mol. The number of nitrogens with two attached hydrogens (primary N) is 1. The van der Waals surface area contributed by atoms with E-state index >= 15 is 0 Å². The van der Waals surface area contributed by atoms with E-state index in [9.17, 15) is 0 Å². The number of nitrogens with zero attached hydrogens (tertiary/aromatic N) is 1. The van der Waals surface area contributed by atoms with Crippen molar-refractivity contribution in [2.45, 2.75) is 33.2 Å². The minimum atomic E-state index is 0.105. The average Bonchev–Trinajstić information content (AvgIpc) is 2.42. The van der Waals surface area contributed by atoms with Gasteiger partial charge in [0.25, 0.3) is 0 Å². The summed E-state index contributed by atoms with van der Waals surface area (Å²) in [5, 5.41) is 0. The minimum Gasteiger partial charge on any atom is -0.383 e. The fraction of sp³-hybridized carbons (Fsp3) is 0.625. The van der Waals surface area contributed by atoms with E-state index in [1.807, 2.05) is 0 Å². The van der Waals surface area contributed by atoms with Crippen molar-refractivity contribution in [2.24, 2.45) is 11.7 Å². The van der Waals surface area contributed by atoms with Gasteiger partial charge in [0.15, 0.2) is 0 Å². The minimum absolute atomic E-state index is 0.105. The maximum absolute atomic E-state index is 6.23. The lowest BCUT2D eigenvalue weighted by atomic mass is 10.0. The van der Waals surface area contributed by atoms with E-state index in [4.69, 9.17) is 10.5 Å². The number of anilines is 1. The molecule has 0 spiro atoms. The highest BCUT2D eigenvalue weighted by atomic mass is 16.5. The van der Waals surface area contributed by atoms with E-state index < -0.39 is 0 Å². The molecule has 108 valence electrons. The predicted octanol–water partition coefficient (Wildman–Crippen LogP) is 3.21. The summed E-state index contributed by atoms with van der Waals surface area (Å²) in [6.45, 7) is 9.27. The molecule has 0 heterocycles. The second kappa shape index (κ2) is 8.18. The van der Waals surface area contributed by atoms with Gasteiger partial charge in [0.05, 0.1) is 6.61 Å². The first kappa shape index (κ1) is 16.0. The zero-order valence-corrected chi connectivity index (χ0v) is 12.7. The van der Waals surface area contributed by atoms with Crippen molar-refractivity contribution in [3.8, 4) is 0 Å². The van der Waals surface area contributed by atoms with Crippen molar-refractivity contribution in [3.05, 3.63) is 29.8 Å². The fourth-order valence-corrected chi connectivity index (χ4v) is 2.26. The summed E-state index contributed by atoms with van der Waals surface area (Å²) in [6, 6.07) is 8.57. The number of methoxy groups -OCH3 is 1. The maximum atomic E-state index is 6.23. The van der Waals surface area contributed by atoms with Gasteiger partial charge < -0.3 is 15.4 Å². The summed E-state index contributed by atoms with van der Waals surface area (Å²) < 4.78 is 5.23. The highest BCUT2D eigenvalue weighted by Gasteiger charge is 2.15. The van der Waals surface area contributed by atoms with Crippen LogP contribution in [0.5, 0.6) is 0 Å². The molecule has 0 saturated carbocycles. The van der Waals surface area contributed by atoms with Crippen molar-refractivity contribution in [3.63, 3.8) is 0 Å². The van der Waals surface area contributed by atoms with E-state index in [0.29, 0.717) is 5.92 Å². The van der Waals surface area contributed by atoms with Crippen LogP contribution in [0.1, 0.15) is 38.8 Å². The highest BCUT2D eigenvalue weighted by Crippen LogP contribution is 2.27. The molecule has 0 bridgehead atoms. The van der Waals surface area contributed by atoms with Gasteiger partial charge in [-0.1, -0.05) is 39.0 Å². The van der Waals surface area contributed by atoms with Gasteiger partial charge in [-0.25, -0.2) is 0 Å². The Morgan fingerprint density at radius 3 is 2.53 bits per heavy atom. The van der Waals surface area contributed by atoms with Crippen molar-refractivity contribution < 1.29 is 4.74 Å². The third-order valence-corrected chi connectivity index (χ3v) is 3.27. The zero-order valence-electron chi connectivity index (χ0n) is 12.7. The van der Waals surface area contributed by atoms with Gasteiger partial charge in [-0.15, -0.1) is 0 Å². The molecule has 3 heteroatoms. The smallest absolute Gasteiger partial charge is 0.0637 e. The van der Waals surface area contributed by atoms with Crippen LogP contribution in [-0.4, -0.2) is 26.8 Å². The molecule has 1 aromatic carbocycles. The third kappa shape index (κ3) is 4.84. The first-order chi connectivity index (χ1) is 9.10. The van der Waals surface area contributed by atoms with Crippen LogP contribution in [-0.2, 0) is 4.74 Å². The van der Waals surface area contributed by atoms with Gasteiger partial charge in [0.2, 0.25) is 0 Å². The summed E-state index contributed by atoms with van der Waals surface area (Å²) in [4.78, 5) is 2.39. The van der Waals surface area contributed by atoms with E-state index in [1.165, 1.54) is 11.3 Å². The molecule has 1 unspecified atom stereocenters. The topological polar surface area (TPSA) is 38.5 Å². The molecular formula is C16H28N2O. The Hall–Kier alpha value is -1.06. The molecule has 3 nitrogen and oxygen atoms in total. The van der Waals surface area contributed by atoms with Crippen molar-refractivity contribution in [1.29, 1.82) is 0 Å². The van der Waals surface area contributed by atoms with Gasteiger partial charge in [0.1, 0.15) is 0 Å². The number of ether oxygens (including phenoxy) is 1. The molecule has 0 aromatic heterocycles. The lowest BCUT2D eigenvalue weighted by Crippen LogP contribution is -2.32. The Bertz CT molecular complexity index is 366. The summed E-state index contributed by atoms with van der Waals surface area (Å²) in [6.07, 6.45) is 0.955. The third-order valence-electron chi connectivity index (χ3n) is 3.27. The first-order valence-corrected chi connectivity index (χ1v) is 7.18. The molecule has 0 radical (unpaired) electrons. The van der Waals surface area contributed by atoms with Crippen molar-refractivity contribution in [2.75, 3.05) is 31.7 Å². The molecule has 2 N–H and O–H groups in total. The molecule has 0 aliphatic heterocycles. The Balaban J connectivity index is 2.99. The number of hydrogen-bond donors (Lipinski definition) is 1. The number of benzene rings is 1. The van der Waals surface area contributed by atoms with Crippen LogP contribution < -0.4 is 10.6 Å². The van der Waals surface area contributed by atoms with Gasteiger partial charge in [-0.3, -0.25) is 0 Å². The van der Waals surface area contributed by atoms with Crippen molar-refractivity contribution in [1.82, 2.24) is 0 Å². The molecule has 0 amide bonds. The Morgan fingerprint density at radius 2 is 1.95 bits per heavy atom. The second-order valence-electron chi connectivity index (χ2n) is 5.41. The molecule has 0 aliphatic carbocycles. The zero-order chi connectivity index (χ0) is 14.3. The summed E-state index contributed by atoms with van der Waals surface area (Å²) in [5.74, 6) is 0.614. The predicted molar refractivity (Wildman–Crippen MR) is 82.6 cm³/mol. The molecule has 0 saturated heterocycles. The van der Waals surface area contributed by atoms with Crippen LogP contribution in [0.2, 0.25) is 0 Å². The first-order valence-electron chi connectivity index (χ1n) is 7.18. The van der Waals surface area contributed by atoms with E-state index in [-0.39, 0.29) is 6.04 Å². The number of hydrogen-bond acceptors (Lipinski definition) is 3. The largest absolute Gasteiger partial charge is 0.383 e. The van der Waals surface area contributed by atoms with Gasteiger partial charge >= 0.3 is 0 Å². The lowest BCUT2D eigenvalue weighted by Gasteiger charge is -2.30. The van der Waals surface area contributed by atoms with Crippen LogP contribution >= 0.6 is 0 Å². The molecule has 1 aromatic rings. The van der Waals surface area contributed by atoms with Crippen LogP contribution in [0.25, 0.3) is 0 Å². The summed E-state index contributed by atoms with van der Waals surface area (Å²) in [5.41, 5.74) is 8.72. The van der Waals surface area contributed by atoms with E-state index in [1.54, 1.807) is 7.11 Å². The average molecular weight is 264 g/mol. The second-order valence-corrected chi connectivity index (χ2v) is 5.41. The van der Waals surface area contributed by atoms with Crippen LogP contribution in [0.3, 0.4) is 0 Å². The Labute approximate surface area is 117 Å². The Kier molecular flexibility index (Phi) is 6.89. The highest BCUT2D eigenvalue weighted by molar-refractivity contribution is 5.55. The number of para-hydroxylation sites is 1. The standard InChI is InChI=1S/C16H28N2O/c1-5-15(17)14-8-6-7-9-16(14)18(10-11-19-4)12-13(2)3/h6-9,13,15H,5,10-12,17H2,1-4H3. The molecule has 1 rings (SSSR count). The quantitative estimate of drug-likeness (QED) is 0.783. The van der Waals surface area contributed by atoms with E-state index in [0.717, 1.165) is 26.1 Å². The van der Waals surface area contributed by atoms with Crippen LogP contribution in [0.4, 0.5) is 5.69 Å². The number of rotatable bonds is 8. The molecule has 0 fully saturated rings. The fourth-order valence-electron chi connectivity index (χ4n) is 2.26. The molecule has 0 aliphatic rings. The SMILES string of the molecule is CCC(N)c1ccccc1N(CCOC)CC(C)C. The van der Waals surface area contributed by atoms with E-state index in [2.05, 4.69) is 49.9 Å². The molecule has 1 atom stereocenters. The maximum Gasteiger partial charge on any atom is 0.0637 e. The summed E-state index contributed by atoms with van der Waals surface area (Å²) in [7, 11) is 1.75. The normalized spacial score (nSPS) is 12.7. The Morgan fingerprint density at radius 1 is 1.26 bits per heavy atom. The van der Waals surface area contributed by atoms with Gasteiger partial charge in [-0.05, 0) is 24.0 Å². The van der Waals surface area contributed by atoms with Gasteiger partial charge in [0, 0.05) is 31.9 Å².